The summed E-state index contributed by atoms with van der Waals surface area (Å²) in [4.78, 5) is 0. The van der Waals surface area contributed by atoms with Crippen LogP contribution in [-0.4, -0.2) is 5.11 Å². The summed E-state index contributed by atoms with van der Waals surface area (Å²) in [6, 6.07) is 10.2. The third-order valence-corrected chi connectivity index (χ3v) is 5.93. The fourth-order valence-electron chi connectivity index (χ4n) is 4.28. The molecular formula is C23H25F3O2. The SMILES string of the molecule is OCc1ccc(OCc2ccc(C3CCCC3)c(C(F)(F)F)c2)cc1C1CC1. The highest BCUT2D eigenvalue weighted by atomic mass is 19.4. The van der Waals surface area contributed by atoms with Crippen molar-refractivity contribution in [3.63, 3.8) is 0 Å². The van der Waals surface area contributed by atoms with Gasteiger partial charge in [0, 0.05) is 0 Å². The Hall–Kier alpha value is -2.01. The molecule has 2 fully saturated rings. The Kier molecular flexibility index (Phi) is 5.37. The first-order chi connectivity index (χ1) is 13.5. The number of aliphatic hydroxyl groups excluding tert-OH is 1. The molecular weight excluding hydrogens is 365 g/mol. The van der Waals surface area contributed by atoms with E-state index in [4.69, 9.17) is 4.74 Å². The predicted molar refractivity (Wildman–Crippen MR) is 101 cm³/mol. The largest absolute Gasteiger partial charge is 0.489 e. The Morgan fingerprint density at radius 3 is 2.25 bits per heavy atom. The third kappa shape index (κ3) is 4.19. The lowest BCUT2D eigenvalue weighted by Gasteiger charge is -2.19. The molecule has 5 heteroatoms. The maximum absolute atomic E-state index is 13.6. The second kappa shape index (κ2) is 7.78. The molecule has 2 aliphatic rings. The summed E-state index contributed by atoms with van der Waals surface area (Å²) in [7, 11) is 0. The smallest absolute Gasteiger partial charge is 0.416 e. The van der Waals surface area contributed by atoms with Gasteiger partial charge in [-0.3, -0.25) is 0 Å². The van der Waals surface area contributed by atoms with Crippen LogP contribution >= 0.6 is 0 Å². The summed E-state index contributed by atoms with van der Waals surface area (Å²) >= 11 is 0. The van der Waals surface area contributed by atoms with Crippen molar-refractivity contribution in [1.29, 1.82) is 0 Å². The van der Waals surface area contributed by atoms with Crippen LogP contribution in [0.25, 0.3) is 0 Å². The van der Waals surface area contributed by atoms with Gasteiger partial charge in [0.25, 0.3) is 0 Å². The van der Waals surface area contributed by atoms with Gasteiger partial charge in [-0.1, -0.05) is 31.0 Å². The van der Waals surface area contributed by atoms with E-state index in [1.54, 1.807) is 18.2 Å². The number of aliphatic hydroxyl groups is 1. The number of alkyl halides is 3. The van der Waals surface area contributed by atoms with Crippen molar-refractivity contribution in [3.05, 3.63) is 64.2 Å². The van der Waals surface area contributed by atoms with Crippen LogP contribution < -0.4 is 4.74 Å². The van der Waals surface area contributed by atoms with Gasteiger partial charge in [0.15, 0.2) is 0 Å². The zero-order valence-electron chi connectivity index (χ0n) is 15.8. The monoisotopic (exact) mass is 390 g/mol. The van der Waals surface area contributed by atoms with Crippen LogP contribution in [0, 0.1) is 0 Å². The van der Waals surface area contributed by atoms with Crippen molar-refractivity contribution in [2.75, 3.05) is 0 Å². The minimum absolute atomic E-state index is 0.0102. The van der Waals surface area contributed by atoms with E-state index in [0.29, 0.717) is 22.8 Å². The minimum atomic E-state index is -4.35. The van der Waals surface area contributed by atoms with Gasteiger partial charge < -0.3 is 9.84 Å². The highest BCUT2D eigenvalue weighted by molar-refractivity contribution is 5.40. The van der Waals surface area contributed by atoms with Crippen LogP contribution in [0.3, 0.4) is 0 Å². The third-order valence-electron chi connectivity index (χ3n) is 5.93. The molecule has 0 aromatic heterocycles. The van der Waals surface area contributed by atoms with E-state index in [-0.39, 0.29) is 19.1 Å². The van der Waals surface area contributed by atoms with Crippen molar-refractivity contribution >= 4 is 0 Å². The lowest BCUT2D eigenvalue weighted by Crippen LogP contribution is -2.12. The van der Waals surface area contributed by atoms with Crippen LogP contribution in [0.5, 0.6) is 5.75 Å². The number of hydrogen-bond donors (Lipinski definition) is 1. The Morgan fingerprint density at radius 1 is 0.893 bits per heavy atom. The van der Waals surface area contributed by atoms with Crippen LogP contribution in [0.15, 0.2) is 36.4 Å². The van der Waals surface area contributed by atoms with Gasteiger partial charge in [0.05, 0.1) is 12.2 Å². The molecule has 0 unspecified atom stereocenters. The van der Waals surface area contributed by atoms with Gasteiger partial charge in [-0.05, 0) is 78.0 Å². The van der Waals surface area contributed by atoms with Crippen molar-refractivity contribution in [2.24, 2.45) is 0 Å². The summed E-state index contributed by atoms with van der Waals surface area (Å²) in [5, 5.41) is 9.47. The molecule has 0 spiro atoms. The second-order valence-corrected chi connectivity index (χ2v) is 7.98. The van der Waals surface area contributed by atoms with Gasteiger partial charge in [-0.15, -0.1) is 0 Å². The lowest BCUT2D eigenvalue weighted by molar-refractivity contribution is -0.138. The number of hydrogen-bond acceptors (Lipinski definition) is 2. The quantitative estimate of drug-likeness (QED) is 0.626. The zero-order valence-corrected chi connectivity index (χ0v) is 15.8. The van der Waals surface area contributed by atoms with E-state index in [9.17, 15) is 18.3 Å². The summed E-state index contributed by atoms with van der Waals surface area (Å²) in [6.45, 7) is 0.0836. The van der Waals surface area contributed by atoms with E-state index in [1.807, 2.05) is 12.1 Å². The predicted octanol–water partition coefficient (Wildman–Crippen LogP) is 6.31. The van der Waals surface area contributed by atoms with Crippen LogP contribution in [0.4, 0.5) is 13.2 Å². The molecule has 2 aromatic carbocycles. The van der Waals surface area contributed by atoms with E-state index < -0.39 is 11.7 Å². The molecule has 0 amide bonds. The zero-order chi connectivity index (χ0) is 19.7. The molecule has 2 saturated carbocycles. The Bertz CT molecular complexity index is 834. The summed E-state index contributed by atoms with van der Waals surface area (Å²) in [5.41, 5.74) is 2.42. The number of halogens is 3. The lowest BCUT2D eigenvalue weighted by atomic mass is 9.91. The molecule has 150 valence electrons. The molecule has 0 atom stereocenters. The molecule has 4 rings (SSSR count). The Morgan fingerprint density at radius 2 is 1.61 bits per heavy atom. The van der Waals surface area contributed by atoms with Gasteiger partial charge in [0.2, 0.25) is 0 Å². The maximum atomic E-state index is 13.6. The van der Waals surface area contributed by atoms with Crippen molar-refractivity contribution in [2.45, 2.75) is 69.8 Å². The molecule has 0 saturated heterocycles. The number of rotatable bonds is 6. The molecule has 0 radical (unpaired) electrons. The number of ether oxygens (including phenoxy) is 1. The van der Waals surface area contributed by atoms with Gasteiger partial charge in [-0.25, -0.2) is 0 Å². The van der Waals surface area contributed by atoms with Crippen LogP contribution in [0.2, 0.25) is 0 Å². The molecule has 28 heavy (non-hydrogen) atoms. The fourth-order valence-corrected chi connectivity index (χ4v) is 4.28. The standard InChI is InChI=1S/C23H25F3O2/c24-23(25,26)22-11-15(5-10-20(22)16-3-1-2-4-16)14-28-19-9-8-18(13-27)21(12-19)17-6-7-17/h5,8-12,16-17,27H,1-4,6-7,13-14H2. The van der Waals surface area contributed by atoms with Gasteiger partial charge >= 0.3 is 6.18 Å². The highest BCUT2D eigenvalue weighted by Crippen LogP contribution is 2.44. The summed E-state index contributed by atoms with van der Waals surface area (Å²) in [6.07, 6.45) is 1.53. The minimum Gasteiger partial charge on any atom is -0.489 e. The van der Waals surface area contributed by atoms with Crippen molar-refractivity contribution in [1.82, 2.24) is 0 Å². The summed E-state index contributed by atoms with van der Waals surface area (Å²) in [5.74, 6) is 1.11. The Balaban J connectivity index is 1.53. The first-order valence-electron chi connectivity index (χ1n) is 10.0. The average molecular weight is 390 g/mol. The second-order valence-electron chi connectivity index (χ2n) is 7.98. The molecule has 2 aromatic rings. The fraction of sp³-hybridized carbons (Fsp3) is 0.478. The van der Waals surface area contributed by atoms with E-state index in [0.717, 1.165) is 49.7 Å². The molecule has 1 N–H and O–H groups in total. The van der Waals surface area contributed by atoms with Gasteiger partial charge in [0.1, 0.15) is 12.4 Å². The van der Waals surface area contributed by atoms with Crippen LogP contribution in [-0.2, 0) is 19.4 Å². The molecule has 0 heterocycles. The first kappa shape index (κ1) is 19.3. The summed E-state index contributed by atoms with van der Waals surface area (Å²) < 4.78 is 46.6. The maximum Gasteiger partial charge on any atom is 0.416 e. The van der Waals surface area contributed by atoms with Crippen molar-refractivity contribution in [3.8, 4) is 5.75 Å². The van der Waals surface area contributed by atoms with Crippen molar-refractivity contribution < 1.29 is 23.0 Å². The van der Waals surface area contributed by atoms with E-state index >= 15 is 0 Å². The molecule has 2 nitrogen and oxygen atoms in total. The van der Waals surface area contributed by atoms with E-state index in [1.165, 1.54) is 6.07 Å². The molecule has 2 aliphatic carbocycles. The number of benzene rings is 2. The Labute approximate surface area is 163 Å². The first-order valence-corrected chi connectivity index (χ1v) is 10.0. The van der Waals surface area contributed by atoms with E-state index in [2.05, 4.69) is 0 Å². The molecule has 0 bridgehead atoms. The normalized spacial score (nSPS) is 17.9. The van der Waals surface area contributed by atoms with Gasteiger partial charge in [-0.2, -0.15) is 13.2 Å². The molecule has 0 aliphatic heterocycles. The highest BCUT2D eigenvalue weighted by Gasteiger charge is 2.36. The topological polar surface area (TPSA) is 29.5 Å². The van der Waals surface area contributed by atoms with Crippen LogP contribution in [0.1, 0.15) is 78.2 Å². The average Bonchev–Trinajstić information content (AvgIpc) is 3.39.